The zero-order valence-electron chi connectivity index (χ0n) is 11.0. The molecule has 2 rings (SSSR count). The summed E-state index contributed by atoms with van der Waals surface area (Å²) in [5.74, 6) is 0.803. The lowest BCUT2D eigenvalue weighted by atomic mass is 9.64. The van der Waals surface area contributed by atoms with E-state index >= 15 is 0 Å². The minimum Gasteiger partial charge on any atom is -0.381 e. The van der Waals surface area contributed by atoms with Gasteiger partial charge in [-0.3, -0.25) is 0 Å². The molecule has 94 valence electrons. The lowest BCUT2D eigenvalue weighted by molar-refractivity contribution is -0.0981. The molecular weight excluding hydrogens is 200 g/mol. The zero-order valence-corrected chi connectivity index (χ0v) is 11.0. The third-order valence-electron chi connectivity index (χ3n) is 4.78. The van der Waals surface area contributed by atoms with Gasteiger partial charge in [-0.05, 0) is 38.8 Å². The minimum absolute atomic E-state index is 0.296. The van der Waals surface area contributed by atoms with E-state index in [4.69, 9.17) is 4.74 Å². The molecule has 0 amide bonds. The summed E-state index contributed by atoms with van der Waals surface area (Å²) >= 11 is 0. The Hall–Kier alpha value is -0.120. The van der Waals surface area contributed by atoms with Crippen LogP contribution >= 0.6 is 0 Å². The molecule has 0 bridgehead atoms. The van der Waals surface area contributed by atoms with Gasteiger partial charge in [-0.2, -0.15) is 0 Å². The molecular formula is C13H26N2O. The molecule has 0 spiro atoms. The van der Waals surface area contributed by atoms with Crippen molar-refractivity contribution in [3.05, 3.63) is 0 Å². The van der Waals surface area contributed by atoms with Crippen molar-refractivity contribution in [2.24, 2.45) is 11.3 Å². The number of nitrogens with one attached hydrogen (secondary N) is 2. The van der Waals surface area contributed by atoms with Crippen molar-refractivity contribution in [1.82, 2.24) is 10.6 Å². The average Bonchev–Trinajstić information content (AvgIpc) is 2.63. The van der Waals surface area contributed by atoms with Gasteiger partial charge in [0.2, 0.25) is 0 Å². The van der Waals surface area contributed by atoms with Crippen LogP contribution in [0.5, 0.6) is 0 Å². The van der Waals surface area contributed by atoms with Gasteiger partial charge in [0.05, 0.1) is 6.10 Å². The molecule has 3 nitrogen and oxygen atoms in total. The number of rotatable bonds is 4. The number of hydrogen-bond donors (Lipinski definition) is 2. The lowest BCUT2D eigenvalue weighted by Gasteiger charge is -2.51. The predicted molar refractivity (Wildman–Crippen MR) is 66.6 cm³/mol. The maximum atomic E-state index is 5.47. The molecule has 2 N–H and O–H groups in total. The third kappa shape index (κ3) is 2.13. The lowest BCUT2D eigenvalue weighted by Crippen LogP contribution is -2.61. The molecule has 0 radical (unpaired) electrons. The first-order valence-corrected chi connectivity index (χ1v) is 6.55. The second-order valence-corrected chi connectivity index (χ2v) is 6.03. The summed E-state index contributed by atoms with van der Waals surface area (Å²) < 4.78 is 5.47. The van der Waals surface area contributed by atoms with E-state index in [0.717, 1.165) is 18.9 Å². The Morgan fingerprint density at radius 2 is 2.19 bits per heavy atom. The van der Waals surface area contributed by atoms with Crippen LogP contribution in [0.3, 0.4) is 0 Å². The fourth-order valence-electron chi connectivity index (χ4n) is 3.12. The van der Waals surface area contributed by atoms with E-state index in [2.05, 4.69) is 31.4 Å². The van der Waals surface area contributed by atoms with E-state index < -0.39 is 0 Å². The molecule has 2 fully saturated rings. The second-order valence-electron chi connectivity index (χ2n) is 6.03. The Bertz CT molecular complexity index is 242. The average molecular weight is 226 g/mol. The third-order valence-corrected chi connectivity index (χ3v) is 4.78. The Kier molecular flexibility index (Phi) is 3.57. The second kappa shape index (κ2) is 4.63. The van der Waals surface area contributed by atoms with Crippen molar-refractivity contribution in [3.8, 4) is 0 Å². The van der Waals surface area contributed by atoms with Gasteiger partial charge in [-0.15, -0.1) is 0 Å². The minimum atomic E-state index is 0.296. The van der Waals surface area contributed by atoms with Crippen LogP contribution in [0, 0.1) is 11.3 Å². The van der Waals surface area contributed by atoms with Crippen LogP contribution in [0.1, 0.15) is 33.6 Å². The van der Waals surface area contributed by atoms with Gasteiger partial charge in [0.15, 0.2) is 0 Å². The molecule has 1 aliphatic carbocycles. The zero-order chi connectivity index (χ0) is 11.8. The smallest absolute Gasteiger partial charge is 0.0652 e. The van der Waals surface area contributed by atoms with Gasteiger partial charge < -0.3 is 15.4 Å². The van der Waals surface area contributed by atoms with E-state index in [1.165, 1.54) is 13.0 Å². The van der Waals surface area contributed by atoms with E-state index in [1.54, 1.807) is 0 Å². The van der Waals surface area contributed by atoms with Crippen molar-refractivity contribution in [3.63, 3.8) is 0 Å². The summed E-state index contributed by atoms with van der Waals surface area (Å²) in [4.78, 5) is 0. The summed E-state index contributed by atoms with van der Waals surface area (Å²) in [6, 6.07) is 1.30. The highest BCUT2D eigenvalue weighted by Gasteiger charge is 2.48. The molecule has 16 heavy (non-hydrogen) atoms. The van der Waals surface area contributed by atoms with Gasteiger partial charge >= 0.3 is 0 Å². The normalized spacial score (nSPS) is 42.0. The SMILES string of the molecule is COC1CC(NCC2CCNC2C)C1(C)C. The van der Waals surface area contributed by atoms with E-state index in [-0.39, 0.29) is 0 Å². The van der Waals surface area contributed by atoms with Crippen LogP contribution in [-0.4, -0.2) is 38.4 Å². The Morgan fingerprint density at radius 3 is 2.69 bits per heavy atom. The molecule has 1 saturated heterocycles. The van der Waals surface area contributed by atoms with Crippen molar-refractivity contribution >= 4 is 0 Å². The largest absolute Gasteiger partial charge is 0.381 e. The fraction of sp³-hybridized carbons (Fsp3) is 1.00. The first-order chi connectivity index (χ1) is 7.55. The van der Waals surface area contributed by atoms with Crippen molar-refractivity contribution in [1.29, 1.82) is 0 Å². The van der Waals surface area contributed by atoms with Crippen LogP contribution in [-0.2, 0) is 4.74 Å². The summed E-state index contributed by atoms with van der Waals surface area (Å²) in [7, 11) is 1.83. The van der Waals surface area contributed by atoms with Gasteiger partial charge in [-0.1, -0.05) is 13.8 Å². The monoisotopic (exact) mass is 226 g/mol. The highest BCUT2D eigenvalue weighted by Crippen LogP contribution is 2.42. The number of methoxy groups -OCH3 is 1. The summed E-state index contributed by atoms with van der Waals surface area (Å²) in [6.45, 7) is 9.24. The van der Waals surface area contributed by atoms with Crippen LogP contribution in [0.25, 0.3) is 0 Å². The number of ether oxygens (including phenoxy) is 1. The highest BCUT2D eigenvalue weighted by atomic mass is 16.5. The first kappa shape index (κ1) is 12.3. The van der Waals surface area contributed by atoms with Gasteiger partial charge in [-0.25, -0.2) is 0 Å². The molecule has 3 heteroatoms. The molecule has 1 aliphatic heterocycles. The molecule has 0 aromatic rings. The summed E-state index contributed by atoms with van der Waals surface area (Å²) in [5, 5.41) is 7.23. The highest BCUT2D eigenvalue weighted by molar-refractivity contribution is 5.03. The summed E-state index contributed by atoms with van der Waals surface area (Å²) in [6.07, 6.45) is 2.91. The van der Waals surface area contributed by atoms with Gasteiger partial charge in [0.25, 0.3) is 0 Å². The Morgan fingerprint density at radius 1 is 1.44 bits per heavy atom. The quantitative estimate of drug-likeness (QED) is 0.760. The van der Waals surface area contributed by atoms with Crippen molar-refractivity contribution in [2.45, 2.75) is 51.8 Å². The van der Waals surface area contributed by atoms with Crippen LogP contribution < -0.4 is 10.6 Å². The molecule has 0 aromatic heterocycles. The van der Waals surface area contributed by atoms with Crippen LogP contribution in [0.15, 0.2) is 0 Å². The van der Waals surface area contributed by atoms with Crippen molar-refractivity contribution < 1.29 is 4.74 Å². The summed E-state index contributed by atoms with van der Waals surface area (Å²) in [5.41, 5.74) is 0.296. The van der Waals surface area contributed by atoms with Crippen LogP contribution in [0.2, 0.25) is 0 Å². The van der Waals surface area contributed by atoms with Crippen molar-refractivity contribution in [2.75, 3.05) is 20.2 Å². The topological polar surface area (TPSA) is 33.3 Å². The standard InChI is InChI=1S/C13H26N2O/c1-9-10(5-6-14-9)8-15-11-7-12(16-4)13(11,2)3/h9-12,14-15H,5-8H2,1-4H3. The fourth-order valence-corrected chi connectivity index (χ4v) is 3.12. The number of hydrogen-bond acceptors (Lipinski definition) is 3. The molecule has 4 unspecified atom stereocenters. The first-order valence-electron chi connectivity index (χ1n) is 6.55. The van der Waals surface area contributed by atoms with E-state index in [9.17, 15) is 0 Å². The van der Waals surface area contributed by atoms with Crippen LogP contribution in [0.4, 0.5) is 0 Å². The Labute approximate surface area is 99.3 Å². The van der Waals surface area contributed by atoms with E-state index in [0.29, 0.717) is 23.6 Å². The maximum Gasteiger partial charge on any atom is 0.0652 e. The maximum absolute atomic E-state index is 5.47. The Balaban J connectivity index is 1.75. The van der Waals surface area contributed by atoms with Gasteiger partial charge in [0, 0.05) is 24.6 Å². The predicted octanol–water partition coefficient (Wildman–Crippen LogP) is 1.39. The molecule has 1 saturated carbocycles. The molecule has 4 atom stereocenters. The molecule has 0 aromatic carbocycles. The molecule has 2 aliphatic rings. The van der Waals surface area contributed by atoms with E-state index in [1.807, 2.05) is 7.11 Å². The molecule has 1 heterocycles. The van der Waals surface area contributed by atoms with Gasteiger partial charge in [0.1, 0.15) is 0 Å².